The third-order valence-corrected chi connectivity index (χ3v) is 3.48. The number of methoxy groups -OCH3 is 1. The molecule has 0 radical (unpaired) electrons. The van der Waals surface area contributed by atoms with Crippen LogP contribution in [0, 0.1) is 5.82 Å². The van der Waals surface area contributed by atoms with E-state index in [0.29, 0.717) is 12.0 Å². The van der Waals surface area contributed by atoms with Crippen LogP contribution in [0.2, 0.25) is 0 Å². The molecule has 1 aliphatic carbocycles. The maximum Gasteiger partial charge on any atom is 0.130 e. The van der Waals surface area contributed by atoms with E-state index in [1.54, 1.807) is 7.11 Å². The van der Waals surface area contributed by atoms with Gasteiger partial charge in [-0.15, -0.1) is 0 Å². The lowest BCUT2D eigenvalue weighted by Crippen LogP contribution is -2.35. The van der Waals surface area contributed by atoms with Gasteiger partial charge in [0.2, 0.25) is 0 Å². The number of halogens is 1. The zero-order valence-electron chi connectivity index (χ0n) is 11.5. The highest BCUT2D eigenvalue weighted by molar-refractivity contribution is 5.46. The summed E-state index contributed by atoms with van der Waals surface area (Å²) in [5.41, 5.74) is 8.17. The van der Waals surface area contributed by atoms with Gasteiger partial charge in [0.15, 0.2) is 0 Å². The van der Waals surface area contributed by atoms with Crippen molar-refractivity contribution < 1.29 is 9.13 Å². The zero-order chi connectivity index (χ0) is 13.3. The third kappa shape index (κ3) is 2.66. The number of rotatable bonds is 3. The Morgan fingerprint density at radius 3 is 2.44 bits per heavy atom. The summed E-state index contributed by atoms with van der Waals surface area (Å²) >= 11 is 0. The van der Waals surface area contributed by atoms with E-state index in [1.165, 1.54) is 0 Å². The average Bonchev–Trinajstić information content (AvgIpc) is 2.31. The number of benzene rings is 1. The number of hydrogen-bond donors (Lipinski definition) is 1. The molecule has 0 saturated carbocycles. The first kappa shape index (κ1) is 13.3. The fourth-order valence-electron chi connectivity index (χ4n) is 2.72. The van der Waals surface area contributed by atoms with Crippen LogP contribution in [0.5, 0.6) is 5.75 Å². The van der Waals surface area contributed by atoms with Crippen molar-refractivity contribution in [3.8, 4) is 5.75 Å². The van der Waals surface area contributed by atoms with Gasteiger partial charge in [-0.2, -0.15) is 0 Å². The van der Waals surface area contributed by atoms with Gasteiger partial charge in [-0.3, -0.25) is 0 Å². The molecule has 2 rings (SSSR count). The molecule has 0 unspecified atom stereocenters. The first-order valence-corrected chi connectivity index (χ1v) is 6.58. The van der Waals surface area contributed by atoms with E-state index in [9.17, 15) is 4.39 Å². The highest BCUT2D eigenvalue weighted by Gasteiger charge is 2.23. The van der Waals surface area contributed by atoms with Gasteiger partial charge in [0.25, 0.3) is 0 Å². The van der Waals surface area contributed by atoms with Crippen molar-refractivity contribution in [3.63, 3.8) is 0 Å². The molecule has 0 heterocycles. The maximum absolute atomic E-state index is 14.5. The molecule has 0 atom stereocenters. The van der Waals surface area contributed by atoms with Crippen molar-refractivity contribution >= 4 is 0 Å². The number of hydrogen-bond acceptors (Lipinski definition) is 2. The van der Waals surface area contributed by atoms with Crippen LogP contribution in [0.15, 0.2) is 6.07 Å². The van der Waals surface area contributed by atoms with Gasteiger partial charge < -0.3 is 10.5 Å². The molecule has 2 N–H and O–H groups in total. The molecule has 0 aromatic heterocycles. The van der Waals surface area contributed by atoms with Gasteiger partial charge in [0, 0.05) is 11.1 Å². The van der Waals surface area contributed by atoms with Gasteiger partial charge in [-0.05, 0) is 63.1 Å². The Bertz CT molecular complexity index is 449. The van der Waals surface area contributed by atoms with E-state index in [-0.39, 0.29) is 5.82 Å². The predicted molar refractivity (Wildman–Crippen MR) is 71.6 cm³/mol. The van der Waals surface area contributed by atoms with Crippen molar-refractivity contribution in [1.29, 1.82) is 0 Å². The van der Waals surface area contributed by atoms with Gasteiger partial charge in [-0.1, -0.05) is 0 Å². The van der Waals surface area contributed by atoms with Crippen molar-refractivity contribution in [2.24, 2.45) is 5.73 Å². The Balaban J connectivity index is 2.48. The topological polar surface area (TPSA) is 35.2 Å². The van der Waals surface area contributed by atoms with E-state index in [4.69, 9.17) is 10.5 Å². The van der Waals surface area contributed by atoms with Gasteiger partial charge >= 0.3 is 0 Å². The van der Waals surface area contributed by atoms with E-state index in [0.717, 1.165) is 42.6 Å². The van der Waals surface area contributed by atoms with E-state index >= 15 is 0 Å². The lowest BCUT2D eigenvalue weighted by molar-refractivity contribution is 0.400. The average molecular weight is 251 g/mol. The van der Waals surface area contributed by atoms with E-state index < -0.39 is 5.54 Å². The minimum absolute atomic E-state index is 0.0657. The fraction of sp³-hybridized carbons (Fsp3) is 0.600. The Morgan fingerprint density at radius 1 is 1.28 bits per heavy atom. The summed E-state index contributed by atoms with van der Waals surface area (Å²) in [5, 5.41) is 0. The monoisotopic (exact) mass is 251 g/mol. The normalized spacial score (nSPS) is 15.4. The van der Waals surface area contributed by atoms with E-state index in [2.05, 4.69) is 0 Å². The fourth-order valence-corrected chi connectivity index (χ4v) is 2.72. The number of nitrogens with two attached hydrogens (primary N) is 1. The Hall–Kier alpha value is -1.09. The van der Waals surface area contributed by atoms with Crippen LogP contribution < -0.4 is 10.5 Å². The first-order chi connectivity index (χ1) is 8.42. The minimum Gasteiger partial charge on any atom is -0.496 e. The summed E-state index contributed by atoms with van der Waals surface area (Å²) in [6.07, 6.45) is 4.44. The molecule has 2 nitrogen and oxygen atoms in total. The molecule has 1 aromatic carbocycles. The van der Waals surface area contributed by atoms with E-state index in [1.807, 2.05) is 19.9 Å². The van der Waals surface area contributed by atoms with Gasteiger partial charge in [0.1, 0.15) is 11.6 Å². The van der Waals surface area contributed by atoms with Crippen LogP contribution in [0.4, 0.5) is 4.39 Å². The Morgan fingerprint density at radius 2 is 1.89 bits per heavy atom. The largest absolute Gasteiger partial charge is 0.496 e. The molecular weight excluding hydrogens is 229 g/mol. The SMILES string of the molecule is COc1cc(CC(C)(C)N)c(F)c2c1CCCC2. The smallest absolute Gasteiger partial charge is 0.130 e. The van der Waals surface area contributed by atoms with Gasteiger partial charge in [-0.25, -0.2) is 4.39 Å². The second-order valence-corrected chi connectivity index (χ2v) is 5.88. The number of ether oxygens (including phenoxy) is 1. The summed E-state index contributed by atoms with van der Waals surface area (Å²) in [4.78, 5) is 0. The molecule has 0 amide bonds. The second-order valence-electron chi connectivity index (χ2n) is 5.88. The van der Waals surface area contributed by atoms with Crippen LogP contribution >= 0.6 is 0 Å². The molecule has 18 heavy (non-hydrogen) atoms. The van der Waals surface area contributed by atoms with Crippen LogP contribution in [0.3, 0.4) is 0 Å². The van der Waals surface area contributed by atoms with Gasteiger partial charge in [0.05, 0.1) is 7.11 Å². The summed E-state index contributed by atoms with van der Waals surface area (Å²) in [6, 6.07) is 1.83. The first-order valence-electron chi connectivity index (χ1n) is 6.58. The molecule has 0 saturated heterocycles. The quantitative estimate of drug-likeness (QED) is 0.896. The molecule has 0 spiro atoms. The molecule has 1 aliphatic rings. The number of fused-ring (bicyclic) bond motifs is 1. The van der Waals surface area contributed by atoms with Crippen LogP contribution in [-0.2, 0) is 19.3 Å². The zero-order valence-corrected chi connectivity index (χ0v) is 11.5. The lowest BCUT2D eigenvalue weighted by Gasteiger charge is -2.24. The molecule has 3 heteroatoms. The summed E-state index contributed by atoms with van der Waals surface area (Å²) in [6.45, 7) is 3.83. The lowest BCUT2D eigenvalue weighted by atomic mass is 9.86. The van der Waals surface area contributed by atoms with Crippen LogP contribution in [0.25, 0.3) is 0 Å². The van der Waals surface area contributed by atoms with Crippen molar-refractivity contribution in [2.45, 2.75) is 51.5 Å². The van der Waals surface area contributed by atoms with Crippen LogP contribution in [0.1, 0.15) is 43.4 Å². The minimum atomic E-state index is -0.408. The second kappa shape index (κ2) is 4.88. The third-order valence-electron chi connectivity index (χ3n) is 3.48. The van der Waals surface area contributed by atoms with Crippen molar-refractivity contribution in [1.82, 2.24) is 0 Å². The summed E-state index contributed by atoms with van der Waals surface area (Å²) < 4.78 is 19.9. The Kier molecular flexibility index (Phi) is 3.62. The molecule has 0 aliphatic heterocycles. The predicted octanol–water partition coefficient (Wildman–Crippen LogP) is 2.99. The highest BCUT2D eigenvalue weighted by Crippen LogP contribution is 2.34. The summed E-state index contributed by atoms with van der Waals surface area (Å²) in [5.74, 6) is 0.759. The van der Waals surface area contributed by atoms with Crippen molar-refractivity contribution in [3.05, 3.63) is 28.6 Å². The molecular formula is C15H22FNO. The molecule has 100 valence electrons. The standard InChI is InChI=1S/C15H22FNO/c1-15(2,17)9-10-8-13(18-3)11-6-4-5-7-12(11)14(10)16/h8H,4-7,9,17H2,1-3H3. The highest BCUT2D eigenvalue weighted by atomic mass is 19.1. The van der Waals surface area contributed by atoms with Crippen LogP contribution in [-0.4, -0.2) is 12.6 Å². The van der Waals surface area contributed by atoms with Crippen molar-refractivity contribution in [2.75, 3.05) is 7.11 Å². The molecule has 0 fully saturated rings. The maximum atomic E-state index is 14.5. The molecule has 0 bridgehead atoms. The summed E-state index contributed by atoms with van der Waals surface area (Å²) in [7, 11) is 1.65. The Labute approximate surface area is 108 Å². The molecule has 1 aromatic rings.